The molecule has 0 heterocycles. The van der Waals surface area contributed by atoms with Crippen molar-refractivity contribution in [3.63, 3.8) is 0 Å². The van der Waals surface area contributed by atoms with Crippen molar-refractivity contribution in [1.29, 1.82) is 0 Å². The molecule has 2 nitrogen and oxygen atoms in total. The normalized spacial score (nSPS) is 10.6. The van der Waals surface area contributed by atoms with Crippen molar-refractivity contribution >= 4 is 16.6 Å². The standard InChI is InChI=1S/C16H18O2/c1-3-4-10-18-14-8-9-16-13(11-14)6-5-7-15(16)12(2)17/h5-9,11H,3-4,10H2,1-2H3. The Hall–Kier alpha value is -1.83. The van der Waals surface area contributed by atoms with E-state index in [2.05, 4.69) is 6.92 Å². The third-order valence-corrected chi connectivity index (χ3v) is 3.00. The van der Waals surface area contributed by atoms with Crippen LogP contribution in [0.4, 0.5) is 0 Å². The molecule has 0 radical (unpaired) electrons. The van der Waals surface area contributed by atoms with Gasteiger partial charge in [-0.25, -0.2) is 0 Å². The van der Waals surface area contributed by atoms with Crippen LogP contribution in [0.3, 0.4) is 0 Å². The Balaban J connectivity index is 2.32. The number of ether oxygens (including phenoxy) is 1. The summed E-state index contributed by atoms with van der Waals surface area (Å²) in [6, 6.07) is 11.7. The molecule has 0 bridgehead atoms. The van der Waals surface area contributed by atoms with Crippen LogP contribution in [0.25, 0.3) is 10.8 Å². The van der Waals surface area contributed by atoms with E-state index >= 15 is 0 Å². The summed E-state index contributed by atoms with van der Waals surface area (Å²) in [4.78, 5) is 11.5. The number of hydrogen-bond donors (Lipinski definition) is 0. The number of carbonyl (C=O) groups is 1. The van der Waals surface area contributed by atoms with Gasteiger partial charge in [0.05, 0.1) is 6.61 Å². The first-order chi connectivity index (χ1) is 8.72. The molecule has 0 aromatic heterocycles. The van der Waals surface area contributed by atoms with Gasteiger partial charge in [-0.3, -0.25) is 4.79 Å². The first-order valence-electron chi connectivity index (χ1n) is 6.39. The van der Waals surface area contributed by atoms with E-state index in [1.54, 1.807) is 6.92 Å². The Morgan fingerprint density at radius 1 is 1.22 bits per heavy atom. The molecule has 0 unspecified atom stereocenters. The lowest BCUT2D eigenvalue weighted by atomic mass is 10.0. The zero-order chi connectivity index (χ0) is 13.0. The molecule has 0 aliphatic rings. The molecule has 18 heavy (non-hydrogen) atoms. The molecule has 0 aliphatic heterocycles. The number of rotatable bonds is 5. The zero-order valence-corrected chi connectivity index (χ0v) is 10.9. The molecule has 94 valence electrons. The summed E-state index contributed by atoms with van der Waals surface area (Å²) in [6.07, 6.45) is 2.19. The summed E-state index contributed by atoms with van der Waals surface area (Å²) in [5.74, 6) is 0.969. The lowest BCUT2D eigenvalue weighted by Gasteiger charge is -2.08. The van der Waals surface area contributed by atoms with Crippen LogP contribution >= 0.6 is 0 Å². The number of hydrogen-bond acceptors (Lipinski definition) is 2. The lowest BCUT2D eigenvalue weighted by molar-refractivity contribution is 0.101. The maximum Gasteiger partial charge on any atom is 0.160 e. The number of carbonyl (C=O) groups excluding carboxylic acids is 1. The van der Waals surface area contributed by atoms with Crippen molar-refractivity contribution in [2.24, 2.45) is 0 Å². The van der Waals surface area contributed by atoms with Gasteiger partial charge in [0, 0.05) is 5.56 Å². The topological polar surface area (TPSA) is 26.3 Å². The number of fused-ring (bicyclic) bond motifs is 1. The molecular formula is C16H18O2. The fraction of sp³-hybridized carbons (Fsp3) is 0.312. The van der Waals surface area contributed by atoms with E-state index in [4.69, 9.17) is 4.74 Å². The molecule has 0 atom stereocenters. The van der Waals surface area contributed by atoms with E-state index < -0.39 is 0 Å². The minimum Gasteiger partial charge on any atom is -0.494 e. The highest BCUT2D eigenvalue weighted by Crippen LogP contribution is 2.24. The highest BCUT2D eigenvalue weighted by Gasteiger charge is 2.05. The second-order valence-corrected chi connectivity index (χ2v) is 4.45. The highest BCUT2D eigenvalue weighted by molar-refractivity contribution is 6.07. The predicted molar refractivity (Wildman–Crippen MR) is 74.4 cm³/mol. The Morgan fingerprint density at radius 2 is 2.06 bits per heavy atom. The average molecular weight is 242 g/mol. The maximum absolute atomic E-state index is 11.5. The minimum absolute atomic E-state index is 0.0975. The van der Waals surface area contributed by atoms with E-state index in [-0.39, 0.29) is 5.78 Å². The van der Waals surface area contributed by atoms with Crippen LogP contribution in [0.1, 0.15) is 37.0 Å². The van der Waals surface area contributed by atoms with Crippen LogP contribution in [0.2, 0.25) is 0 Å². The third kappa shape index (κ3) is 2.70. The summed E-state index contributed by atoms with van der Waals surface area (Å²) < 4.78 is 5.67. The van der Waals surface area contributed by atoms with Crippen LogP contribution in [0, 0.1) is 0 Å². The molecule has 0 N–H and O–H groups in total. The Kier molecular flexibility index (Phi) is 3.98. The van der Waals surface area contributed by atoms with E-state index in [9.17, 15) is 4.79 Å². The van der Waals surface area contributed by atoms with E-state index in [0.29, 0.717) is 0 Å². The van der Waals surface area contributed by atoms with Gasteiger partial charge in [0.1, 0.15) is 5.75 Å². The summed E-state index contributed by atoms with van der Waals surface area (Å²) in [6.45, 7) is 4.48. The van der Waals surface area contributed by atoms with Crippen LogP contribution in [0.15, 0.2) is 36.4 Å². The van der Waals surface area contributed by atoms with E-state index in [0.717, 1.165) is 41.5 Å². The van der Waals surface area contributed by atoms with Gasteiger partial charge >= 0.3 is 0 Å². The van der Waals surface area contributed by atoms with Crippen molar-refractivity contribution in [2.45, 2.75) is 26.7 Å². The van der Waals surface area contributed by atoms with Crippen molar-refractivity contribution in [3.05, 3.63) is 42.0 Å². The largest absolute Gasteiger partial charge is 0.494 e. The first-order valence-corrected chi connectivity index (χ1v) is 6.39. The number of ketones is 1. The van der Waals surface area contributed by atoms with Gasteiger partial charge in [0.25, 0.3) is 0 Å². The quantitative estimate of drug-likeness (QED) is 0.579. The van der Waals surface area contributed by atoms with Crippen LogP contribution in [-0.4, -0.2) is 12.4 Å². The number of benzene rings is 2. The number of Topliss-reactive ketones (excluding diaryl/α,β-unsaturated/α-hetero) is 1. The molecule has 2 aromatic carbocycles. The Morgan fingerprint density at radius 3 is 2.78 bits per heavy atom. The summed E-state index contributed by atoms with van der Waals surface area (Å²) in [7, 11) is 0. The van der Waals surface area contributed by atoms with Gasteiger partial charge < -0.3 is 4.74 Å². The SMILES string of the molecule is CCCCOc1ccc2c(C(C)=O)cccc2c1. The third-order valence-electron chi connectivity index (χ3n) is 3.00. The van der Waals surface area contributed by atoms with Crippen molar-refractivity contribution in [1.82, 2.24) is 0 Å². The lowest BCUT2D eigenvalue weighted by Crippen LogP contribution is -1.97. The first kappa shape index (κ1) is 12.6. The maximum atomic E-state index is 11.5. The van der Waals surface area contributed by atoms with Crippen LogP contribution in [-0.2, 0) is 0 Å². The molecule has 2 heteroatoms. The Labute approximate surface area is 108 Å². The Bertz CT molecular complexity index is 558. The molecule has 2 rings (SSSR count). The van der Waals surface area contributed by atoms with Crippen molar-refractivity contribution in [2.75, 3.05) is 6.61 Å². The van der Waals surface area contributed by atoms with Gasteiger partial charge in [-0.1, -0.05) is 31.5 Å². The van der Waals surface area contributed by atoms with Gasteiger partial charge in [0.2, 0.25) is 0 Å². The monoisotopic (exact) mass is 242 g/mol. The van der Waals surface area contributed by atoms with Crippen molar-refractivity contribution in [3.8, 4) is 5.75 Å². The van der Waals surface area contributed by atoms with E-state index in [1.165, 1.54) is 0 Å². The van der Waals surface area contributed by atoms with Crippen molar-refractivity contribution < 1.29 is 9.53 Å². The molecule has 0 amide bonds. The number of unbranched alkanes of at least 4 members (excludes halogenated alkanes) is 1. The average Bonchev–Trinajstić information content (AvgIpc) is 2.38. The molecule has 0 saturated heterocycles. The minimum atomic E-state index is 0.0975. The summed E-state index contributed by atoms with van der Waals surface area (Å²) in [5.41, 5.74) is 0.771. The second kappa shape index (κ2) is 5.67. The summed E-state index contributed by atoms with van der Waals surface area (Å²) in [5, 5.41) is 2.05. The molecular weight excluding hydrogens is 224 g/mol. The van der Waals surface area contributed by atoms with E-state index in [1.807, 2.05) is 36.4 Å². The van der Waals surface area contributed by atoms with Crippen LogP contribution < -0.4 is 4.74 Å². The fourth-order valence-electron chi connectivity index (χ4n) is 1.99. The van der Waals surface area contributed by atoms with Gasteiger partial charge in [-0.15, -0.1) is 0 Å². The molecule has 0 spiro atoms. The fourth-order valence-corrected chi connectivity index (χ4v) is 1.99. The molecule has 0 saturated carbocycles. The van der Waals surface area contributed by atoms with Gasteiger partial charge in [-0.05, 0) is 42.3 Å². The zero-order valence-electron chi connectivity index (χ0n) is 10.9. The summed E-state index contributed by atoms with van der Waals surface area (Å²) >= 11 is 0. The molecule has 2 aromatic rings. The van der Waals surface area contributed by atoms with Gasteiger partial charge in [0.15, 0.2) is 5.78 Å². The van der Waals surface area contributed by atoms with Gasteiger partial charge in [-0.2, -0.15) is 0 Å². The molecule has 0 aliphatic carbocycles. The molecule has 0 fully saturated rings. The predicted octanol–water partition coefficient (Wildman–Crippen LogP) is 4.22. The van der Waals surface area contributed by atoms with Crippen LogP contribution in [0.5, 0.6) is 5.75 Å². The smallest absolute Gasteiger partial charge is 0.160 e. The highest BCUT2D eigenvalue weighted by atomic mass is 16.5. The second-order valence-electron chi connectivity index (χ2n) is 4.45.